The Bertz CT molecular complexity index is 219. The van der Waals surface area contributed by atoms with Gasteiger partial charge in [-0.25, -0.2) is 4.79 Å². The number of amides is 2. The van der Waals surface area contributed by atoms with Gasteiger partial charge in [0.2, 0.25) is 0 Å². The van der Waals surface area contributed by atoms with Crippen LogP contribution in [0.15, 0.2) is 0 Å². The highest BCUT2D eigenvalue weighted by molar-refractivity contribution is 5.74. The summed E-state index contributed by atoms with van der Waals surface area (Å²) >= 11 is 0. The molecule has 0 bridgehead atoms. The molecule has 2 atom stereocenters. The van der Waals surface area contributed by atoms with Crippen molar-refractivity contribution in [2.75, 3.05) is 19.7 Å². The van der Waals surface area contributed by atoms with Crippen LogP contribution in [-0.4, -0.2) is 41.8 Å². The van der Waals surface area contributed by atoms with Gasteiger partial charge in [-0.15, -0.1) is 0 Å². The molecule has 0 aromatic heterocycles. The Morgan fingerprint density at radius 1 is 1.62 bits per heavy atom. The molecule has 0 saturated carbocycles. The van der Waals surface area contributed by atoms with Crippen LogP contribution < -0.4 is 5.32 Å². The molecule has 4 heteroatoms. The predicted molar refractivity (Wildman–Crippen MR) is 64.3 cm³/mol. The molecular weight excluding hydrogens is 204 g/mol. The first-order valence-electron chi connectivity index (χ1n) is 6.33. The average Bonchev–Trinajstić information content (AvgIpc) is 2.29. The van der Waals surface area contributed by atoms with Gasteiger partial charge in [-0.3, -0.25) is 0 Å². The first-order chi connectivity index (χ1) is 7.67. The SMILES string of the molecule is CCC(C)NC(=O)N1CCCC(CCO)C1. The van der Waals surface area contributed by atoms with E-state index in [2.05, 4.69) is 12.2 Å². The minimum Gasteiger partial charge on any atom is -0.396 e. The molecule has 1 rings (SSSR count). The molecule has 16 heavy (non-hydrogen) atoms. The molecule has 4 nitrogen and oxygen atoms in total. The normalized spacial score (nSPS) is 22.9. The van der Waals surface area contributed by atoms with Crippen LogP contribution >= 0.6 is 0 Å². The highest BCUT2D eigenvalue weighted by Gasteiger charge is 2.23. The fourth-order valence-corrected chi connectivity index (χ4v) is 2.07. The van der Waals surface area contributed by atoms with E-state index in [1.165, 1.54) is 0 Å². The Balaban J connectivity index is 2.37. The zero-order valence-electron chi connectivity index (χ0n) is 10.4. The van der Waals surface area contributed by atoms with Crippen LogP contribution in [0.25, 0.3) is 0 Å². The number of carbonyl (C=O) groups excluding carboxylic acids is 1. The lowest BCUT2D eigenvalue weighted by Crippen LogP contribution is -2.48. The summed E-state index contributed by atoms with van der Waals surface area (Å²) in [6.45, 7) is 5.96. The molecule has 1 heterocycles. The van der Waals surface area contributed by atoms with Gasteiger partial charge >= 0.3 is 6.03 Å². The van der Waals surface area contributed by atoms with E-state index < -0.39 is 0 Å². The number of rotatable bonds is 4. The van der Waals surface area contributed by atoms with Crippen LogP contribution in [0, 0.1) is 5.92 Å². The standard InChI is InChI=1S/C12H24N2O2/c1-3-10(2)13-12(16)14-7-4-5-11(9-14)6-8-15/h10-11,15H,3-9H2,1-2H3,(H,13,16). The molecule has 1 aliphatic rings. The van der Waals surface area contributed by atoms with Crippen molar-refractivity contribution in [2.45, 2.75) is 45.6 Å². The van der Waals surface area contributed by atoms with Gasteiger partial charge in [0.25, 0.3) is 0 Å². The van der Waals surface area contributed by atoms with Crippen molar-refractivity contribution in [1.29, 1.82) is 0 Å². The second-order valence-electron chi connectivity index (χ2n) is 4.73. The number of aliphatic hydroxyl groups is 1. The highest BCUT2D eigenvalue weighted by Crippen LogP contribution is 2.19. The number of carbonyl (C=O) groups is 1. The van der Waals surface area contributed by atoms with Crippen LogP contribution in [0.3, 0.4) is 0 Å². The third-order valence-electron chi connectivity index (χ3n) is 3.33. The molecule has 1 fully saturated rings. The van der Waals surface area contributed by atoms with Gasteiger partial charge in [0.1, 0.15) is 0 Å². The largest absolute Gasteiger partial charge is 0.396 e. The predicted octanol–water partition coefficient (Wildman–Crippen LogP) is 1.59. The molecule has 2 unspecified atom stereocenters. The summed E-state index contributed by atoms with van der Waals surface area (Å²) in [5.41, 5.74) is 0. The van der Waals surface area contributed by atoms with Gasteiger partial charge in [-0.2, -0.15) is 0 Å². The van der Waals surface area contributed by atoms with E-state index in [1.54, 1.807) is 0 Å². The minimum atomic E-state index is 0.0528. The van der Waals surface area contributed by atoms with Crippen LogP contribution in [-0.2, 0) is 0 Å². The van der Waals surface area contributed by atoms with Crippen LogP contribution in [0.5, 0.6) is 0 Å². The molecular formula is C12H24N2O2. The van der Waals surface area contributed by atoms with Crippen molar-refractivity contribution in [3.8, 4) is 0 Å². The maximum atomic E-state index is 11.9. The lowest BCUT2D eigenvalue weighted by atomic mass is 9.95. The zero-order chi connectivity index (χ0) is 12.0. The third-order valence-corrected chi connectivity index (χ3v) is 3.33. The number of hydrogen-bond donors (Lipinski definition) is 2. The van der Waals surface area contributed by atoms with E-state index in [0.29, 0.717) is 5.92 Å². The summed E-state index contributed by atoms with van der Waals surface area (Å²) in [7, 11) is 0. The quantitative estimate of drug-likeness (QED) is 0.767. The summed E-state index contributed by atoms with van der Waals surface area (Å²) in [6.07, 6.45) is 3.96. The van der Waals surface area contributed by atoms with E-state index in [4.69, 9.17) is 5.11 Å². The maximum Gasteiger partial charge on any atom is 0.317 e. The van der Waals surface area contributed by atoms with Crippen molar-refractivity contribution in [2.24, 2.45) is 5.92 Å². The van der Waals surface area contributed by atoms with Gasteiger partial charge in [0.15, 0.2) is 0 Å². The topological polar surface area (TPSA) is 52.6 Å². The first-order valence-corrected chi connectivity index (χ1v) is 6.33. The smallest absolute Gasteiger partial charge is 0.317 e. The van der Waals surface area contributed by atoms with Crippen LogP contribution in [0.1, 0.15) is 39.5 Å². The molecule has 1 saturated heterocycles. The Morgan fingerprint density at radius 2 is 2.38 bits per heavy atom. The molecule has 0 radical (unpaired) electrons. The molecule has 0 aliphatic carbocycles. The number of hydrogen-bond acceptors (Lipinski definition) is 2. The number of piperidine rings is 1. The molecule has 0 aromatic carbocycles. The second-order valence-corrected chi connectivity index (χ2v) is 4.73. The maximum absolute atomic E-state index is 11.9. The fourth-order valence-electron chi connectivity index (χ4n) is 2.07. The van der Waals surface area contributed by atoms with Crippen molar-refractivity contribution in [3.05, 3.63) is 0 Å². The van der Waals surface area contributed by atoms with E-state index in [9.17, 15) is 4.79 Å². The van der Waals surface area contributed by atoms with Crippen molar-refractivity contribution < 1.29 is 9.90 Å². The number of aliphatic hydroxyl groups excluding tert-OH is 1. The lowest BCUT2D eigenvalue weighted by molar-refractivity contribution is 0.148. The number of nitrogens with zero attached hydrogens (tertiary/aromatic N) is 1. The van der Waals surface area contributed by atoms with Gasteiger partial charge in [-0.1, -0.05) is 6.92 Å². The van der Waals surface area contributed by atoms with Crippen LogP contribution in [0.4, 0.5) is 4.79 Å². The first kappa shape index (κ1) is 13.3. The van der Waals surface area contributed by atoms with Crippen molar-refractivity contribution >= 4 is 6.03 Å². The van der Waals surface area contributed by atoms with E-state index in [-0.39, 0.29) is 18.7 Å². The number of likely N-dealkylation sites (tertiary alicyclic amines) is 1. The van der Waals surface area contributed by atoms with Crippen LogP contribution in [0.2, 0.25) is 0 Å². The van der Waals surface area contributed by atoms with Crippen molar-refractivity contribution in [3.63, 3.8) is 0 Å². The highest BCUT2D eigenvalue weighted by atomic mass is 16.3. The van der Waals surface area contributed by atoms with Crippen molar-refractivity contribution in [1.82, 2.24) is 10.2 Å². The third kappa shape index (κ3) is 4.00. The molecule has 2 N–H and O–H groups in total. The molecule has 2 amide bonds. The van der Waals surface area contributed by atoms with Gasteiger partial charge in [0.05, 0.1) is 0 Å². The summed E-state index contributed by atoms with van der Waals surface area (Å²) in [5, 5.41) is 11.9. The average molecular weight is 228 g/mol. The number of nitrogens with one attached hydrogen (secondary N) is 1. The summed E-state index contributed by atoms with van der Waals surface area (Å²) < 4.78 is 0. The van der Waals surface area contributed by atoms with E-state index in [0.717, 1.165) is 38.8 Å². The summed E-state index contributed by atoms with van der Waals surface area (Å²) in [4.78, 5) is 13.8. The Morgan fingerprint density at radius 3 is 3.00 bits per heavy atom. The molecule has 94 valence electrons. The van der Waals surface area contributed by atoms with E-state index in [1.807, 2.05) is 11.8 Å². The molecule has 1 aliphatic heterocycles. The van der Waals surface area contributed by atoms with Gasteiger partial charge < -0.3 is 15.3 Å². The fraction of sp³-hybridized carbons (Fsp3) is 0.917. The number of urea groups is 1. The van der Waals surface area contributed by atoms with Gasteiger partial charge in [-0.05, 0) is 38.5 Å². The monoisotopic (exact) mass is 228 g/mol. The van der Waals surface area contributed by atoms with Gasteiger partial charge in [0, 0.05) is 25.7 Å². The lowest BCUT2D eigenvalue weighted by Gasteiger charge is -2.33. The summed E-state index contributed by atoms with van der Waals surface area (Å²) in [6, 6.07) is 0.294. The minimum absolute atomic E-state index is 0.0528. The molecule has 0 aromatic rings. The Hall–Kier alpha value is -0.770. The molecule has 0 spiro atoms. The zero-order valence-corrected chi connectivity index (χ0v) is 10.4. The summed E-state index contributed by atoms with van der Waals surface area (Å²) in [5.74, 6) is 0.474. The second kappa shape index (κ2) is 6.74. The Kier molecular flexibility index (Phi) is 5.60. The van der Waals surface area contributed by atoms with E-state index >= 15 is 0 Å². The Labute approximate surface area is 98.0 Å².